The van der Waals surface area contributed by atoms with E-state index in [1.54, 1.807) is 6.07 Å². The molecule has 1 N–H and O–H groups in total. The number of fused-ring (bicyclic) bond motifs is 2. The molecule has 0 radical (unpaired) electrons. The van der Waals surface area contributed by atoms with Crippen LogP contribution in [0, 0.1) is 23.5 Å². The highest BCUT2D eigenvalue weighted by molar-refractivity contribution is 5.45. The first-order valence-electron chi connectivity index (χ1n) is 5.94. The van der Waals surface area contributed by atoms with Crippen molar-refractivity contribution in [2.75, 3.05) is 5.32 Å². The highest BCUT2D eigenvalue weighted by Crippen LogP contribution is 2.45. The lowest BCUT2D eigenvalue weighted by molar-refractivity contribution is 0.439. The van der Waals surface area contributed by atoms with Gasteiger partial charge in [-0.15, -0.1) is 0 Å². The first-order chi connectivity index (χ1) is 7.72. The Hall–Kier alpha value is -1.12. The fourth-order valence-corrected chi connectivity index (χ4v) is 3.22. The molecule has 2 aliphatic carbocycles. The summed E-state index contributed by atoms with van der Waals surface area (Å²) < 4.78 is 25.8. The zero-order valence-electron chi connectivity index (χ0n) is 9.05. The third-order valence-corrected chi connectivity index (χ3v) is 4.01. The molecule has 2 aliphatic rings. The minimum absolute atomic E-state index is 0.462. The van der Waals surface area contributed by atoms with E-state index in [1.165, 1.54) is 37.8 Å². The normalized spacial score (nSPS) is 32.0. The summed E-state index contributed by atoms with van der Waals surface area (Å²) in [5.41, 5.74) is 0.705. The Labute approximate surface area is 93.9 Å². The fourth-order valence-electron chi connectivity index (χ4n) is 3.22. The molecule has 3 atom stereocenters. The third kappa shape index (κ3) is 1.68. The largest absolute Gasteiger partial charge is 0.382 e. The Morgan fingerprint density at radius 1 is 1.06 bits per heavy atom. The van der Waals surface area contributed by atoms with Crippen LogP contribution in [-0.2, 0) is 0 Å². The van der Waals surface area contributed by atoms with Gasteiger partial charge in [-0.25, -0.2) is 8.78 Å². The Balaban J connectivity index is 1.72. The van der Waals surface area contributed by atoms with Gasteiger partial charge in [-0.05, 0) is 43.2 Å². The van der Waals surface area contributed by atoms with Crippen LogP contribution in [0.15, 0.2) is 18.2 Å². The first kappa shape index (κ1) is 10.1. The van der Waals surface area contributed by atoms with Crippen LogP contribution < -0.4 is 5.32 Å². The second-order valence-corrected chi connectivity index (χ2v) is 5.05. The van der Waals surface area contributed by atoms with Gasteiger partial charge in [0.15, 0.2) is 11.6 Å². The van der Waals surface area contributed by atoms with Crippen molar-refractivity contribution in [2.24, 2.45) is 11.8 Å². The van der Waals surface area contributed by atoms with Crippen LogP contribution in [0.1, 0.15) is 25.7 Å². The monoisotopic (exact) mass is 223 g/mol. The van der Waals surface area contributed by atoms with Crippen molar-refractivity contribution < 1.29 is 8.78 Å². The van der Waals surface area contributed by atoms with E-state index in [-0.39, 0.29) is 0 Å². The molecule has 0 saturated heterocycles. The van der Waals surface area contributed by atoms with Crippen molar-refractivity contribution in [3.8, 4) is 0 Å². The van der Waals surface area contributed by atoms with E-state index in [0.29, 0.717) is 11.7 Å². The smallest absolute Gasteiger partial charge is 0.160 e. The van der Waals surface area contributed by atoms with Gasteiger partial charge in [0, 0.05) is 17.8 Å². The molecule has 1 nitrogen and oxygen atoms in total. The van der Waals surface area contributed by atoms with E-state index >= 15 is 0 Å². The maximum absolute atomic E-state index is 13.0. The van der Waals surface area contributed by atoms with Crippen LogP contribution in [0.4, 0.5) is 14.5 Å². The molecule has 1 aromatic carbocycles. The Morgan fingerprint density at radius 3 is 2.56 bits per heavy atom. The number of hydrogen-bond acceptors (Lipinski definition) is 1. The molecule has 16 heavy (non-hydrogen) atoms. The van der Waals surface area contributed by atoms with Crippen molar-refractivity contribution in [1.29, 1.82) is 0 Å². The quantitative estimate of drug-likeness (QED) is 0.808. The third-order valence-electron chi connectivity index (χ3n) is 4.01. The molecule has 0 aromatic heterocycles. The Bertz CT molecular complexity index is 405. The number of nitrogens with one attached hydrogen (secondary N) is 1. The van der Waals surface area contributed by atoms with E-state index < -0.39 is 11.6 Å². The minimum atomic E-state index is -0.779. The van der Waals surface area contributed by atoms with E-state index in [9.17, 15) is 8.78 Å². The van der Waals surface area contributed by atoms with Crippen molar-refractivity contribution >= 4 is 5.69 Å². The van der Waals surface area contributed by atoms with Crippen molar-refractivity contribution in [1.82, 2.24) is 0 Å². The number of halogens is 2. The summed E-state index contributed by atoms with van der Waals surface area (Å²) >= 11 is 0. The average molecular weight is 223 g/mol. The van der Waals surface area contributed by atoms with Gasteiger partial charge in [-0.2, -0.15) is 0 Å². The predicted molar refractivity (Wildman–Crippen MR) is 59.2 cm³/mol. The second-order valence-electron chi connectivity index (χ2n) is 5.05. The maximum atomic E-state index is 13.0. The fraction of sp³-hybridized carbons (Fsp3) is 0.538. The number of rotatable bonds is 2. The summed E-state index contributed by atoms with van der Waals surface area (Å²) in [7, 11) is 0. The first-order valence-corrected chi connectivity index (χ1v) is 5.94. The Morgan fingerprint density at radius 2 is 1.94 bits per heavy atom. The number of benzene rings is 1. The topological polar surface area (TPSA) is 12.0 Å². The van der Waals surface area contributed by atoms with Crippen LogP contribution in [-0.4, -0.2) is 6.04 Å². The van der Waals surface area contributed by atoms with Gasteiger partial charge in [0.05, 0.1) is 0 Å². The summed E-state index contributed by atoms with van der Waals surface area (Å²) in [6.07, 6.45) is 5.12. The maximum Gasteiger partial charge on any atom is 0.160 e. The molecule has 3 unspecified atom stereocenters. The summed E-state index contributed by atoms with van der Waals surface area (Å²) in [5, 5.41) is 3.33. The summed E-state index contributed by atoms with van der Waals surface area (Å²) in [6, 6.07) is 4.51. The van der Waals surface area contributed by atoms with Crippen LogP contribution in [0.2, 0.25) is 0 Å². The summed E-state index contributed by atoms with van der Waals surface area (Å²) in [6.45, 7) is 0. The SMILES string of the molecule is Fc1ccc(NC2CC3CCC2C3)cc1F. The van der Waals surface area contributed by atoms with Gasteiger partial charge in [-0.3, -0.25) is 0 Å². The van der Waals surface area contributed by atoms with Crippen LogP contribution in [0.25, 0.3) is 0 Å². The molecule has 2 bridgehead atoms. The number of hydrogen-bond donors (Lipinski definition) is 1. The lowest BCUT2D eigenvalue weighted by Crippen LogP contribution is -2.25. The lowest BCUT2D eigenvalue weighted by atomic mass is 9.95. The molecule has 86 valence electrons. The van der Waals surface area contributed by atoms with E-state index in [1.807, 2.05) is 0 Å². The standard InChI is InChI=1S/C13H15F2N/c14-11-4-3-10(7-12(11)15)16-13-6-8-1-2-9(13)5-8/h3-4,7-9,13,16H,1-2,5-6H2. The molecule has 1 aromatic rings. The minimum Gasteiger partial charge on any atom is -0.382 e. The molecule has 0 heterocycles. The van der Waals surface area contributed by atoms with E-state index in [4.69, 9.17) is 0 Å². The highest BCUT2D eigenvalue weighted by Gasteiger charge is 2.39. The van der Waals surface area contributed by atoms with Crippen molar-refractivity contribution in [3.05, 3.63) is 29.8 Å². The van der Waals surface area contributed by atoms with E-state index in [2.05, 4.69) is 5.32 Å². The van der Waals surface area contributed by atoms with Crippen molar-refractivity contribution in [2.45, 2.75) is 31.7 Å². The molecule has 0 amide bonds. The molecule has 0 aliphatic heterocycles. The lowest BCUT2D eigenvalue weighted by Gasteiger charge is -2.24. The zero-order chi connectivity index (χ0) is 11.1. The molecule has 3 rings (SSSR count). The van der Waals surface area contributed by atoms with Crippen LogP contribution in [0.5, 0.6) is 0 Å². The second kappa shape index (κ2) is 3.72. The predicted octanol–water partition coefficient (Wildman–Crippen LogP) is 3.57. The average Bonchev–Trinajstić information content (AvgIpc) is 2.85. The van der Waals surface area contributed by atoms with Crippen LogP contribution in [0.3, 0.4) is 0 Å². The molecular formula is C13H15F2N. The molecule has 0 spiro atoms. The van der Waals surface area contributed by atoms with E-state index in [0.717, 1.165) is 11.8 Å². The molecule has 2 saturated carbocycles. The molecular weight excluding hydrogens is 208 g/mol. The van der Waals surface area contributed by atoms with Gasteiger partial charge in [0.25, 0.3) is 0 Å². The van der Waals surface area contributed by atoms with Gasteiger partial charge >= 0.3 is 0 Å². The van der Waals surface area contributed by atoms with Gasteiger partial charge in [0.2, 0.25) is 0 Å². The summed E-state index contributed by atoms with van der Waals surface area (Å²) in [4.78, 5) is 0. The molecule has 2 fully saturated rings. The van der Waals surface area contributed by atoms with Gasteiger partial charge in [0.1, 0.15) is 0 Å². The zero-order valence-corrected chi connectivity index (χ0v) is 9.05. The van der Waals surface area contributed by atoms with Crippen molar-refractivity contribution in [3.63, 3.8) is 0 Å². The molecule has 3 heteroatoms. The summed E-state index contributed by atoms with van der Waals surface area (Å²) in [5.74, 6) is 0.0394. The van der Waals surface area contributed by atoms with Gasteiger partial charge < -0.3 is 5.32 Å². The number of anilines is 1. The highest BCUT2D eigenvalue weighted by atomic mass is 19.2. The van der Waals surface area contributed by atoms with Gasteiger partial charge in [-0.1, -0.05) is 6.42 Å². The van der Waals surface area contributed by atoms with Crippen LogP contribution >= 0.6 is 0 Å². The Kier molecular flexibility index (Phi) is 2.34.